The fourth-order valence-corrected chi connectivity index (χ4v) is 5.51. The number of carbonyl (C=O) groups is 1. The predicted molar refractivity (Wildman–Crippen MR) is 83.0 cm³/mol. The Morgan fingerprint density at radius 1 is 1.09 bits per heavy atom. The second-order valence-electron chi connectivity index (χ2n) is 5.86. The van der Waals surface area contributed by atoms with Gasteiger partial charge in [0.25, 0.3) is 0 Å². The van der Waals surface area contributed by atoms with E-state index in [1.807, 2.05) is 6.92 Å². The van der Waals surface area contributed by atoms with Gasteiger partial charge in [0, 0.05) is 0 Å². The molecule has 128 valence electrons. The number of hydrogen-bond donors (Lipinski definition) is 0. The summed E-state index contributed by atoms with van der Waals surface area (Å²) in [6.45, 7) is 1.88. The first-order valence-electron chi connectivity index (χ1n) is 8.49. The zero-order valence-electron chi connectivity index (χ0n) is 14.6. The van der Waals surface area contributed by atoms with Crippen molar-refractivity contribution < 1.29 is 37.9 Å². The molecule has 0 amide bonds. The molecule has 0 saturated heterocycles. The van der Waals surface area contributed by atoms with Gasteiger partial charge in [-0.1, -0.05) is 0 Å². The quantitative estimate of drug-likeness (QED) is 0.728. The molecule has 0 bridgehead atoms. The van der Waals surface area contributed by atoms with Crippen LogP contribution in [0.2, 0.25) is 4.22 Å². The Balaban J connectivity index is 0.000000615. The zero-order valence-corrected chi connectivity index (χ0v) is 16.1. The maximum Gasteiger partial charge on any atom is -0.153 e. The minimum Gasteiger partial charge on any atom is -0.857 e. The van der Waals surface area contributed by atoms with Gasteiger partial charge in [0.1, 0.15) is 0 Å². The summed E-state index contributed by atoms with van der Waals surface area (Å²) in [7, 11) is 1.50. The van der Waals surface area contributed by atoms with Gasteiger partial charge in [-0.15, -0.1) is 0 Å². The zero-order chi connectivity index (χ0) is 17.2. The molecule has 1 unspecified atom stereocenters. The average Bonchev–Trinajstić information content (AvgIpc) is 3.02. The van der Waals surface area contributed by atoms with Crippen molar-refractivity contribution in [1.29, 1.82) is 0 Å². The molecular weight excluding hydrogens is 328 g/mol. The fourth-order valence-electron chi connectivity index (χ4n) is 3.70. The van der Waals surface area contributed by atoms with Crippen LogP contribution in [0.3, 0.4) is 0 Å². The fraction of sp³-hybridized carbons (Fsp3) is 0.722. The molecule has 0 aromatic rings. The van der Waals surface area contributed by atoms with Crippen LogP contribution in [0, 0.1) is 0 Å². The summed E-state index contributed by atoms with van der Waals surface area (Å²) in [5, 5.41) is 16.5. The van der Waals surface area contributed by atoms with Crippen LogP contribution in [0.25, 0.3) is 0 Å². The van der Waals surface area contributed by atoms with Gasteiger partial charge >= 0.3 is 125 Å². The molecular formula is C18H28O4Ti. The van der Waals surface area contributed by atoms with E-state index in [0.29, 0.717) is 10.6 Å². The summed E-state index contributed by atoms with van der Waals surface area (Å²) in [4.78, 5) is 11.4. The first kappa shape index (κ1) is 20.6. The molecule has 0 fully saturated rings. The molecule has 5 heteroatoms. The monoisotopic (exact) mass is 356 g/mol. The van der Waals surface area contributed by atoms with Gasteiger partial charge in [0.2, 0.25) is 0 Å². The van der Waals surface area contributed by atoms with Gasteiger partial charge in [-0.2, -0.15) is 14.2 Å². The third-order valence-electron chi connectivity index (χ3n) is 4.68. The van der Waals surface area contributed by atoms with Crippen LogP contribution >= 0.6 is 0 Å². The van der Waals surface area contributed by atoms with Gasteiger partial charge in [-0.25, -0.2) is 0 Å². The Morgan fingerprint density at radius 2 is 1.74 bits per heavy atom. The summed E-state index contributed by atoms with van der Waals surface area (Å²) in [6.07, 6.45) is 11.0. The van der Waals surface area contributed by atoms with Crippen molar-refractivity contribution >= 4 is 5.97 Å². The number of hydrogen-bond acceptors (Lipinski definition) is 4. The molecule has 0 radical (unpaired) electrons. The Bertz CT molecular complexity index is 454. The van der Waals surface area contributed by atoms with Crippen molar-refractivity contribution in [1.82, 2.24) is 0 Å². The molecule has 1 atom stereocenters. The van der Waals surface area contributed by atoms with Crippen molar-refractivity contribution in [3.05, 3.63) is 22.3 Å². The molecule has 0 aromatic heterocycles. The Labute approximate surface area is 149 Å². The molecule has 23 heavy (non-hydrogen) atoms. The maximum atomic E-state index is 11.4. The maximum absolute atomic E-state index is 11.4. The van der Waals surface area contributed by atoms with Gasteiger partial charge in [-0.3, -0.25) is 0 Å². The first-order chi connectivity index (χ1) is 11.3. The SMILES string of the molecule is CCC(=O)[O][Ti+2][CH]1CCCC2=C1CC1=C2CCCC1.C[O-].C[O-]. The molecule has 0 N–H and O–H groups in total. The summed E-state index contributed by atoms with van der Waals surface area (Å²) in [5.41, 5.74) is 6.83. The van der Waals surface area contributed by atoms with Crippen molar-refractivity contribution in [3.63, 3.8) is 0 Å². The van der Waals surface area contributed by atoms with Crippen LogP contribution in [-0.2, 0) is 27.7 Å². The van der Waals surface area contributed by atoms with Gasteiger partial charge in [-0.05, 0) is 0 Å². The summed E-state index contributed by atoms with van der Waals surface area (Å²) >= 11 is -0.584. The molecule has 3 aliphatic rings. The van der Waals surface area contributed by atoms with Crippen LogP contribution in [0.5, 0.6) is 0 Å². The third-order valence-corrected chi connectivity index (χ3v) is 6.66. The van der Waals surface area contributed by atoms with E-state index in [1.54, 1.807) is 22.3 Å². The van der Waals surface area contributed by atoms with Crippen LogP contribution in [-0.4, -0.2) is 20.2 Å². The number of fused-ring (bicyclic) bond motifs is 1. The van der Waals surface area contributed by atoms with Crippen molar-refractivity contribution in [3.8, 4) is 0 Å². The molecule has 3 rings (SSSR count). The Kier molecular flexibility index (Phi) is 10.0. The largest absolute Gasteiger partial charge is 0.857 e. The second-order valence-corrected chi connectivity index (χ2v) is 7.64. The van der Waals surface area contributed by atoms with E-state index in [1.165, 1.54) is 51.4 Å². The van der Waals surface area contributed by atoms with Gasteiger partial charge in [0.15, 0.2) is 0 Å². The second kappa shape index (κ2) is 11.2. The van der Waals surface area contributed by atoms with Crippen LogP contribution in [0.1, 0.15) is 64.7 Å². The van der Waals surface area contributed by atoms with Crippen LogP contribution < -0.4 is 10.2 Å². The van der Waals surface area contributed by atoms with Gasteiger partial charge in [0.05, 0.1) is 0 Å². The Hall–Kier alpha value is -0.416. The van der Waals surface area contributed by atoms with Crippen molar-refractivity contribution in [2.24, 2.45) is 0 Å². The molecule has 0 heterocycles. The van der Waals surface area contributed by atoms with Crippen molar-refractivity contribution in [2.75, 3.05) is 14.2 Å². The van der Waals surface area contributed by atoms with Crippen LogP contribution in [0.15, 0.2) is 22.3 Å². The molecule has 3 aliphatic carbocycles. The standard InChI is InChI=1S/C13H17.C3H6O2.2CH3O.Ti/c1-3-7-12-10(5-1)9-11-6-2-4-8-13(11)12;1-2-3(4)5;2*1-2;/h5H,1-4,6-9H2;2H2,1H3,(H,4,5);2*1H3;/q;;2*-1;+3/p-1. The smallest absolute Gasteiger partial charge is 0.153 e. The normalized spacial score (nSPS) is 21.9. The summed E-state index contributed by atoms with van der Waals surface area (Å²) in [5.74, 6) is 0.00319. The number of rotatable bonds is 3. The summed E-state index contributed by atoms with van der Waals surface area (Å²) in [6, 6.07) is 0. The minimum absolute atomic E-state index is 0.00319. The number of carbonyl (C=O) groups excluding carboxylic acids is 1. The van der Waals surface area contributed by atoms with E-state index in [9.17, 15) is 4.79 Å². The van der Waals surface area contributed by atoms with E-state index < -0.39 is 19.5 Å². The minimum atomic E-state index is -0.584. The summed E-state index contributed by atoms with van der Waals surface area (Å²) < 4.78 is 6.16. The third kappa shape index (κ3) is 5.28. The van der Waals surface area contributed by atoms with E-state index in [2.05, 4.69) is 0 Å². The predicted octanol–water partition coefficient (Wildman–Crippen LogP) is 2.43. The first-order valence-corrected chi connectivity index (χ1v) is 10.0. The molecule has 0 aliphatic heterocycles. The Morgan fingerprint density at radius 3 is 2.43 bits per heavy atom. The number of allylic oxidation sites excluding steroid dienone is 4. The molecule has 0 aromatic carbocycles. The average molecular weight is 356 g/mol. The van der Waals surface area contributed by atoms with E-state index in [0.717, 1.165) is 14.2 Å². The molecule has 0 saturated carbocycles. The topological polar surface area (TPSA) is 72.4 Å². The van der Waals surface area contributed by atoms with Crippen LogP contribution in [0.4, 0.5) is 0 Å². The van der Waals surface area contributed by atoms with Crippen molar-refractivity contribution in [2.45, 2.75) is 68.9 Å². The van der Waals surface area contributed by atoms with E-state index in [-0.39, 0.29) is 5.97 Å². The van der Waals surface area contributed by atoms with Gasteiger partial charge < -0.3 is 10.2 Å². The van der Waals surface area contributed by atoms with E-state index in [4.69, 9.17) is 13.5 Å². The molecule has 0 spiro atoms. The van der Waals surface area contributed by atoms with E-state index >= 15 is 0 Å². The molecule has 4 nitrogen and oxygen atoms in total.